The first-order valence-electron chi connectivity index (χ1n) is 10.2. The second-order valence-electron chi connectivity index (χ2n) is 7.86. The molecule has 0 bridgehead atoms. The number of anilines is 2. The molecule has 3 amide bonds. The third kappa shape index (κ3) is 4.12. The summed E-state index contributed by atoms with van der Waals surface area (Å²) < 4.78 is 10.1. The molecule has 1 aromatic heterocycles. The Kier molecular flexibility index (Phi) is 5.55. The Morgan fingerprint density at radius 1 is 1.00 bits per heavy atom. The van der Waals surface area contributed by atoms with Crippen molar-refractivity contribution in [2.24, 2.45) is 0 Å². The Morgan fingerprint density at radius 2 is 1.73 bits per heavy atom. The zero-order chi connectivity index (χ0) is 23.9. The first-order chi connectivity index (χ1) is 15.7. The maximum atomic E-state index is 13.1. The molecule has 0 radical (unpaired) electrons. The van der Waals surface area contributed by atoms with E-state index in [-0.39, 0.29) is 22.5 Å². The zero-order valence-electron chi connectivity index (χ0n) is 18.5. The van der Waals surface area contributed by atoms with Crippen molar-refractivity contribution >= 4 is 35.2 Å². The second kappa shape index (κ2) is 8.34. The van der Waals surface area contributed by atoms with Gasteiger partial charge in [0.2, 0.25) is 0 Å². The summed E-state index contributed by atoms with van der Waals surface area (Å²) in [6.07, 6.45) is -1.13. The Bertz CT molecular complexity index is 1310. The average Bonchev–Trinajstić information content (AvgIpc) is 3.29. The number of imide groups is 1. The van der Waals surface area contributed by atoms with Gasteiger partial charge in [0.25, 0.3) is 17.7 Å². The minimum Gasteiger partial charge on any atom is -0.449 e. The molecule has 0 saturated heterocycles. The molecule has 0 aliphatic carbocycles. The van der Waals surface area contributed by atoms with Gasteiger partial charge >= 0.3 is 5.97 Å². The molecule has 1 aliphatic heterocycles. The fourth-order valence-electron chi connectivity index (χ4n) is 3.48. The molecule has 168 valence electrons. The number of hydrogen-bond acceptors (Lipinski definition) is 7. The lowest BCUT2D eigenvalue weighted by atomic mass is 10.1. The van der Waals surface area contributed by atoms with Gasteiger partial charge in [0.05, 0.1) is 22.4 Å². The highest BCUT2D eigenvalue weighted by molar-refractivity contribution is 6.35. The number of aromatic nitrogens is 1. The van der Waals surface area contributed by atoms with Crippen LogP contribution in [0.5, 0.6) is 0 Å². The number of ether oxygens (including phenoxy) is 1. The van der Waals surface area contributed by atoms with Gasteiger partial charge in [-0.15, -0.1) is 0 Å². The topological polar surface area (TPSA) is 119 Å². The Hall–Kier alpha value is -4.27. The molecule has 3 aromatic rings. The number of fused-ring (bicyclic) bond motifs is 1. The van der Waals surface area contributed by atoms with Crippen LogP contribution in [-0.2, 0) is 9.53 Å². The summed E-state index contributed by atoms with van der Waals surface area (Å²) in [6, 6.07) is 11.1. The number of benzene rings is 2. The van der Waals surface area contributed by atoms with E-state index in [1.54, 1.807) is 13.0 Å². The van der Waals surface area contributed by atoms with Gasteiger partial charge in [0.1, 0.15) is 5.76 Å². The van der Waals surface area contributed by atoms with E-state index in [0.717, 1.165) is 16.0 Å². The Morgan fingerprint density at radius 3 is 2.42 bits per heavy atom. The highest BCUT2D eigenvalue weighted by Gasteiger charge is 2.38. The first-order valence-corrected chi connectivity index (χ1v) is 10.2. The van der Waals surface area contributed by atoms with Crippen molar-refractivity contribution in [3.05, 3.63) is 76.0 Å². The van der Waals surface area contributed by atoms with Crippen molar-refractivity contribution in [2.75, 3.05) is 10.2 Å². The van der Waals surface area contributed by atoms with Crippen LogP contribution in [0.3, 0.4) is 0 Å². The van der Waals surface area contributed by atoms with Crippen molar-refractivity contribution in [3.63, 3.8) is 0 Å². The number of aryl methyl sites for hydroxylation is 3. The van der Waals surface area contributed by atoms with Crippen LogP contribution in [-0.4, -0.2) is 35.0 Å². The maximum absolute atomic E-state index is 13.1. The fourth-order valence-corrected chi connectivity index (χ4v) is 3.48. The van der Waals surface area contributed by atoms with Crippen LogP contribution < -0.4 is 10.2 Å². The van der Waals surface area contributed by atoms with E-state index in [9.17, 15) is 19.2 Å². The Labute approximate surface area is 189 Å². The van der Waals surface area contributed by atoms with Crippen LogP contribution >= 0.6 is 0 Å². The molecule has 2 aromatic carbocycles. The average molecular weight is 447 g/mol. The van der Waals surface area contributed by atoms with Crippen LogP contribution in [0.25, 0.3) is 0 Å². The molecule has 1 unspecified atom stereocenters. The zero-order valence-corrected chi connectivity index (χ0v) is 18.5. The molecule has 0 spiro atoms. The molecule has 1 aliphatic rings. The monoisotopic (exact) mass is 447 g/mol. The molecule has 33 heavy (non-hydrogen) atoms. The quantitative estimate of drug-likeness (QED) is 0.469. The molecule has 9 nitrogen and oxygen atoms in total. The molecular weight excluding hydrogens is 426 g/mol. The van der Waals surface area contributed by atoms with Gasteiger partial charge in [-0.25, -0.2) is 9.69 Å². The lowest BCUT2D eigenvalue weighted by Crippen LogP contribution is -2.30. The summed E-state index contributed by atoms with van der Waals surface area (Å²) >= 11 is 0. The predicted octanol–water partition coefficient (Wildman–Crippen LogP) is 3.58. The van der Waals surface area contributed by atoms with Gasteiger partial charge in [-0.05, 0) is 63.1 Å². The molecular formula is C24H21N3O6. The van der Waals surface area contributed by atoms with Gasteiger partial charge in [-0.3, -0.25) is 14.4 Å². The normalized spacial score (nSPS) is 13.6. The summed E-state index contributed by atoms with van der Waals surface area (Å²) in [5.41, 5.74) is 2.53. The number of esters is 1. The molecule has 1 N–H and O–H groups in total. The first kappa shape index (κ1) is 21.9. The van der Waals surface area contributed by atoms with E-state index >= 15 is 0 Å². The third-order valence-corrected chi connectivity index (χ3v) is 5.26. The van der Waals surface area contributed by atoms with E-state index in [0.29, 0.717) is 11.4 Å². The number of nitrogens with zero attached hydrogens (tertiary/aromatic N) is 2. The van der Waals surface area contributed by atoms with Crippen molar-refractivity contribution in [1.82, 2.24) is 5.16 Å². The third-order valence-electron chi connectivity index (χ3n) is 5.26. The lowest BCUT2D eigenvalue weighted by molar-refractivity contribution is -0.123. The number of hydrogen-bond donors (Lipinski definition) is 1. The van der Waals surface area contributed by atoms with Crippen molar-refractivity contribution in [2.45, 2.75) is 33.8 Å². The molecule has 4 rings (SSSR count). The summed E-state index contributed by atoms with van der Waals surface area (Å²) in [6.45, 7) is 6.77. The number of carbonyl (C=O) groups excluding carboxylic acids is 4. The van der Waals surface area contributed by atoms with Crippen molar-refractivity contribution < 1.29 is 28.4 Å². The molecule has 9 heteroatoms. The number of amides is 3. The van der Waals surface area contributed by atoms with Gasteiger partial charge in [-0.2, -0.15) is 0 Å². The number of rotatable bonds is 5. The van der Waals surface area contributed by atoms with Crippen molar-refractivity contribution in [1.29, 1.82) is 0 Å². The number of nitrogens with one attached hydrogen (secondary N) is 1. The van der Waals surface area contributed by atoms with Crippen molar-refractivity contribution in [3.8, 4) is 0 Å². The number of carbonyl (C=O) groups is 4. The standard InChI is InChI=1S/C24H21N3O6/c1-12-5-6-13(2)19(9-12)27-22(29)17-8-7-16(11-18(17)23(27)30)24(31)32-15(4)21(28)25-20-10-14(3)33-26-20/h5-11,15H,1-4H3,(H,25,26,28). The fraction of sp³-hybridized carbons (Fsp3) is 0.208. The smallest absolute Gasteiger partial charge is 0.338 e. The lowest BCUT2D eigenvalue weighted by Gasteiger charge is -2.17. The summed E-state index contributed by atoms with van der Waals surface area (Å²) in [4.78, 5) is 51.9. The van der Waals surface area contributed by atoms with Gasteiger partial charge in [0.15, 0.2) is 11.9 Å². The van der Waals surface area contributed by atoms with Gasteiger partial charge in [-0.1, -0.05) is 17.3 Å². The van der Waals surface area contributed by atoms with E-state index in [1.807, 2.05) is 26.0 Å². The highest BCUT2D eigenvalue weighted by atomic mass is 16.5. The van der Waals surface area contributed by atoms with Crippen LogP contribution in [0.15, 0.2) is 47.0 Å². The van der Waals surface area contributed by atoms with Crippen LogP contribution in [0.1, 0.15) is 54.9 Å². The summed E-state index contributed by atoms with van der Waals surface area (Å²) in [5, 5.41) is 6.13. The van der Waals surface area contributed by atoms with Gasteiger partial charge < -0.3 is 14.6 Å². The largest absolute Gasteiger partial charge is 0.449 e. The molecule has 1 atom stereocenters. The molecule has 2 heterocycles. The van der Waals surface area contributed by atoms with E-state index in [1.165, 1.54) is 31.2 Å². The minimum absolute atomic E-state index is 0.0506. The second-order valence-corrected chi connectivity index (χ2v) is 7.86. The Balaban J connectivity index is 1.52. The van der Waals surface area contributed by atoms with E-state index < -0.39 is 29.8 Å². The maximum Gasteiger partial charge on any atom is 0.338 e. The van der Waals surface area contributed by atoms with Crippen LogP contribution in [0.4, 0.5) is 11.5 Å². The summed E-state index contributed by atoms with van der Waals surface area (Å²) in [7, 11) is 0. The predicted molar refractivity (Wildman–Crippen MR) is 118 cm³/mol. The van der Waals surface area contributed by atoms with Crippen LogP contribution in [0.2, 0.25) is 0 Å². The van der Waals surface area contributed by atoms with E-state index in [2.05, 4.69) is 10.5 Å². The minimum atomic E-state index is -1.13. The molecule has 0 fully saturated rings. The van der Waals surface area contributed by atoms with Gasteiger partial charge in [0, 0.05) is 6.07 Å². The highest BCUT2D eigenvalue weighted by Crippen LogP contribution is 2.32. The van der Waals surface area contributed by atoms with E-state index in [4.69, 9.17) is 9.26 Å². The van der Waals surface area contributed by atoms with Crippen LogP contribution in [0, 0.1) is 20.8 Å². The summed E-state index contributed by atoms with van der Waals surface area (Å²) in [5.74, 6) is -1.66. The SMILES string of the molecule is Cc1ccc(C)c(N2C(=O)c3ccc(C(=O)OC(C)C(=O)Nc4cc(C)on4)cc3C2=O)c1. The molecule has 0 saturated carbocycles.